The molecule has 8 heteroatoms. The van der Waals surface area contributed by atoms with Gasteiger partial charge in [0.05, 0.1) is 18.7 Å². The SMILES string of the molecule is COC(=O)C1CCN(C(=O)c2oc3c(c2C)/C(=N/NC(=O)c2ccccc2C)CCC3)CC1. The number of furan rings is 1. The van der Waals surface area contributed by atoms with Crippen molar-refractivity contribution < 1.29 is 23.5 Å². The van der Waals surface area contributed by atoms with Crippen molar-refractivity contribution in [3.8, 4) is 0 Å². The summed E-state index contributed by atoms with van der Waals surface area (Å²) in [6.45, 7) is 4.71. The van der Waals surface area contributed by atoms with E-state index in [0.717, 1.165) is 41.0 Å². The van der Waals surface area contributed by atoms with Gasteiger partial charge in [-0.05, 0) is 51.2 Å². The summed E-state index contributed by atoms with van der Waals surface area (Å²) in [5.74, 6) is 0.222. The molecule has 1 aliphatic carbocycles. The van der Waals surface area contributed by atoms with Crippen LogP contribution in [0.5, 0.6) is 0 Å². The van der Waals surface area contributed by atoms with Crippen LogP contribution in [-0.2, 0) is 16.0 Å². The molecule has 1 aromatic carbocycles. The van der Waals surface area contributed by atoms with Gasteiger partial charge in [0.1, 0.15) is 5.76 Å². The standard InChI is InChI=1S/C25H29N3O5/c1-15-7-4-5-8-18(15)23(29)27-26-19-9-6-10-20-21(19)16(2)22(33-20)24(30)28-13-11-17(12-14-28)25(31)32-3/h4-5,7-8,17H,6,9-14H2,1-3H3,(H,27,29)/b26-19+. The van der Waals surface area contributed by atoms with Crippen molar-refractivity contribution in [1.29, 1.82) is 0 Å². The van der Waals surface area contributed by atoms with Gasteiger partial charge in [-0.1, -0.05) is 18.2 Å². The molecule has 0 radical (unpaired) electrons. The van der Waals surface area contributed by atoms with Crippen molar-refractivity contribution in [2.45, 2.75) is 46.0 Å². The first-order valence-electron chi connectivity index (χ1n) is 11.3. The Labute approximate surface area is 193 Å². The normalized spacial score (nSPS) is 17.5. The Bertz CT molecular complexity index is 1110. The number of benzene rings is 1. The second kappa shape index (κ2) is 9.60. The zero-order valence-electron chi connectivity index (χ0n) is 19.3. The number of nitrogens with one attached hydrogen (secondary N) is 1. The lowest BCUT2D eigenvalue weighted by Gasteiger charge is -2.30. The van der Waals surface area contributed by atoms with Crippen LogP contribution in [0.3, 0.4) is 0 Å². The van der Waals surface area contributed by atoms with Crippen LogP contribution in [0.2, 0.25) is 0 Å². The summed E-state index contributed by atoms with van der Waals surface area (Å²) in [5.41, 5.74) is 6.41. The molecule has 1 N–H and O–H groups in total. The van der Waals surface area contributed by atoms with Gasteiger partial charge in [-0.25, -0.2) is 5.43 Å². The van der Waals surface area contributed by atoms with E-state index in [1.165, 1.54) is 7.11 Å². The number of carbonyl (C=O) groups is 3. The van der Waals surface area contributed by atoms with Crippen molar-refractivity contribution in [3.63, 3.8) is 0 Å². The molecular weight excluding hydrogens is 422 g/mol. The molecule has 1 saturated heterocycles. The van der Waals surface area contributed by atoms with Gasteiger partial charge in [-0.2, -0.15) is 5.10 Å². The molecule has 1 aliphatic heterocycles. The lowest BCUT2D eigenvalue weighted by atomic mass is 9.93. The summed E-state index contributed by atoms with van der Waals surface area (Å²) in [7, 11) is 1.39. The van der Waals surface area contributed by atoms with Crippen molar-refractivity contribution in [2.24, 2.45) is 11.0 Å². The van der Waals surface area contributed by atoms with E-state index in [1.807, 2.05) is 32.0 Å². The first-order chi connectivity index (χ1) is 15.9. The number of hydrogen-bond donors (Lipinski definition) is 1. The highest BCUT2D eigenvalue weighted by Crippen LogP contribution is 2.31. The van der Waals surface area contributed by atoms with E-state index in [2.05, 4.69) is 10.5 Å². The van der Waals surface area contributed by atoms with Gasteiger partial charge in [0, 0.05) is 36.2 Å². The highest BCUT2D eigenvalue weighted by molar-refractivity contribution is 6.07. The smallest absolute Gasteiger partial charge is 0.308 e. The number of hydrogen-bond acceptors (Lipinski definition) is 6. The van der Waals surface area contributed by atoms with Gasteiger partial charge < -0.3 is 14.1 Å². The second-order valence-corrected chi connectivity index (χ2v) is 8.61. The van der Waals surface area contributed by atoms with Gasteiger partial charge in [0.2, 0.25) is 0 Å². The molecule has 1 fully saturated rings. The van der Waals surface area contributed by atoms with Gasteiger partial charge in [-0.3, -0.25) is 14.4 Å². The number of esters is 1. The number of rotatable bonds is 4. The van der Waals surface area contributed by atoms with Crippen LogP contribution in [0, 0.1) is 19.8 Å². The third-order valence-corrected chi connectivity index (χ3v) is 6.52. The maximum Gasteiger partial charge on any atom is 0.308 e. The quantitative estimate of drug-likeness (QED) is 0.567. The van der Waals surface area contributed by atoms with E-state index in [1.54, 1.807) is 11.0 Å². The number of hydrazone groups is 1. The van der Waals surface area contributed by atoms with Crippen molar-refractivity contribution in [1.82, 2.24) is 10.3 Å². The molecule has 1 aromatic heterocycles. The van der Waals surface area contributed by atoms with E-state index < -0.39 is 0 Å². The van der Waals surface area contributed by atoms with Crippen LogP contribution in [0.1, 0.15) is 69.0 Å². The van der Waals surface area contributed by atoms with Crippen molar-refractivity contribution in [2.75, 3.05) is 20.2 Å². The number of aryl methyl sites for hydroxylation is 2. The van der Waals surface area contributed by atoms with Gasteiger partial charge in [-0.15, -0.1) is 0 Å². The highest BCUT2D eigenvalue weighted by atomic mass is 16.5. The third-order valence-electron chi connectivity index (χ3n) is 6.52. The molecule has 8 nitrogen and oxygen atoms in total. The van der Waals surface area contributed by atoms with Crippen LogP contribution in [0.4, 0.5) is 0 Å². The Morgan fingerprint density at radius 1 is 1.12 bits per heavy atom. The number of likely N-dealkylation sites (tertiary alicyclic amines) is 1. The zero-order chi connectivity index (χ0) is 23.5. The maximum absolute atomic E-state index is 13.2. The number of ether oxygens (including phenoxy) is 1. The molecule has 0 saturated carbocycles. The van der Waals surface area contributed by atoms with Crippen molar-refractivity contribution >= 4 is 23.5 Å². The fourth-order valence-electron chi connectivity index (χ4n) is 4.62. The molecule has 0 unspecified atom stereocenters. The number of nitrogens with zero attached hydrogens (tertiary/aromatic N) is 2. The van der Waals surface area contributed by atoms with E-state index >= 15 is 0 Å². The monoisotopic (exact) mass is 451 g/mol. The van der Waals surface area contributed by atoms with Gasteiger partial charge in [0.15, 0.2) is 5.76 Å². The second-order valence-electron chi connectivity index (χ2n) is 8.61. The molecule has 33 heavy (non-hydrogen) atoms. The third kappa shape index (κ3) is 4.55. The van der Waals surface area contributed by atoms with Crippen LogP contribution >= 0.6 is 0 Å². The van der Waals surface area contributed by atoms with Crippen LogP contribution in [-0.4, -0.2) is 48.6 Å². The predicted octanol–water partition coefficient (Wildman–Crippen LogP) is 3.39. The average molecular weight is 452 g/mol. The lowest BCUT2D eigenvalue weighted by molar-refractivity contribution is -0.146. The van der Waals surface area contributed by atoms with Crippen LogP contribution in [0.25, 0.3) is 0 Å². The first kappa shape index (κ1) is 22.8. The molecular formula is C25H29N3O5. The highest BCUT2D eigenvalue weighted by Gasteiger charge is 2.33. The van der Waals surface area contributed by atoms with Crippen LogP contribution < -0.4 is 5.43 Å². The lowest BCUT2D eigenvalue weighted by Crippen LogP contribution is -2.40. The molecule has 0 spiro atoms. The summed E-state index contributed by atoms with van der Waals surface area (Å²) in [6.07, 6.45) is 3.40. The fourth-order valence-corrected chi connectivity index (χ4v) is 4.62. The fraction of sp³-hybridized carbons (Fsp3) is 0.440. The minimum Gasteiger partial charge on any atom is -0.469 e. The van der Waals surface area contributed by atoms with Crippen LogP contribution in [0.15, 0.2) is 33.8 Å². The number of methoxy groups -OCH3 is 1. The predicted molar refractivity (Wildman–Crippen MR) is 122 cm³/mol. The molecule has 4 rings (SSSR count). The molecule has 2 heterocycles. The van der Waals surface area contributed by atoms with E-state index in [-0.39, 0.29) is 23.7 Å². The summed E-state index contributed by atoms with van der Waals surface area (Å²) in [5, 5.41) is 4.41. The number of fused-ring (bicyclic) bond motifs is 1. The maximum atomic E-state index is 13.2. The number of amides is 2. The Hall–Kier alpha value is -3.42. The molecule has 2 aromatic rings. The average Bonchev–Trinajstić information content (AvgIpc) is 3.19. The molecule has 174 valence electrons. The molecule has 2 aliphatic rings. The number of carbonyl (C=O) groups excluding carboxylic acids is 3. The Morgan fingerprint density at radius 2 is 1.85 bits per heavy atom. The van der Waals surface area contributed by atoms with E-state index in [9.17, 15) is 14.4 Å². The minimum atomic E-state index is -0.265. The van der Waals surface area contributed by atoms with E-state index in [0.29, 0.717) is 43.7 Å². The zero-order valence-corrected chi connectivity index (χ0v) is 19.3. The summed E-state index contributed by atoms with van der Waals surface area (Å²) in [6, 6.07) is 7.35. The van der Waals surface area contributed by atoms with Gasteiger partial charge in [0.25, 0.3) is 11.8 Å². The van der Waals surface area contributed by atoms with Gasteiger partial charge >= 0.3 is 5.97 Å². The summed E-state index contributed by atoms with van der Waals surface area (Å²) < 4.78 is 10.8. The van der Waals surface area contributed by atoms with Crippen molar-refractivity contribution in [3.05, 3.63) is 58.0 Å². The summed E-state index contributed by atoms with van der Waals surface area (Å²) >= 11 is 0. The number of piperidine rings is 1. The Morgan fingerprint density at radius 3 is 2.55 bits per heavy atom. The molecule has 0 bridgehead atoms. The Kier molecular flexibility index (Phi) is 6.62. The first-order valence-corrected chi connectivity index (χ1v) is 11.3. The minimum absolute atomic E-state index is 0.166. The Balaban J connectivity index is 1.51. The molecule has 0 atom stereocenters. The van der Waals surface area contributed by atoms with E-state index in [4.69, 9.17) is 9.15 Å². The topological polar surface area (TPSA) is 101 Å². The largest absolute Gasteiger partial charge is 0.469 e. The molecule has 2 amide bonds. The summed E-state index contributed by atoms with van der Waals surface area (Å²) in [4.78, 5) is 39.3.